The Labute approximate surface area is 133 Å². The van der Waals surface area contributed by atoms with Gasteiger partial charge in [0.1, 0.15) is 5.82 Å². The summed E-state index contributed by atoms with van der Waals surface area (Å²) in [5.41, 5.74) is 2.97. The number of nitrogens with one attached hydrogen (secondary N) is 1. The van der Waals surface area contributed by atoms with Gasteiger partial charge in [0.2, 0.25) is 0 Å². The van der Waals surface area contributed by atoms with Crippen molar-refractivity contribution in [3.8, 4) is 0 Å². The average molecular weight is 324 g/mol. The van der Waals surface area contributed by atoms with Crippen LogP contribution in [0.3, 0.4) is 0 Å². The summed E-state index contributed by atoms with van der Waals surface area (Å²) in [4.78, 5) is 0. The summed E-state index contributed by atoms with van der Waals surface area (Å²) >= 11 is 5.66. The summed E-state index contributed by atoms with van der Waals surface area (Å²) in [7, 11) is 1.95. The van der Waals surface area contributed by atoms with E-state index in [1.54, 1.807) is 6.07 Å². The molecule has 1 aromatic carbocycles. The lowest BCUT2D eigenvalue weighted by atomic mass is 9.92. The number of aliphatic hydroxyl groups is 1. The molecular formula is C16H19ClFN3O. The first-order valence-electron chi connectivity index (χ1n) is 7.43. The number of hydrogen-bond acceptors (Lipinski definition) is 3. The molecule has 6 heteroatoms. The lowest BCUT2D eigenvalue weighted by Gasteiger charge is -2.25. The van der Waals surface area contributed by atoms with Gasteiger partial charge in [0.15, 0.2) is 0 Å². The Kier molecular flexibility index (Phi) is 4.47. The molecule has 2 atom stereocenters. The third-order valence-corrected chi connectivity index (χ3v) is 4.57. The van der Waals surface area contributed by atoms with Crippen molar-refractivity contribution in [2.24, 2.45) is 7.05 Å². The lowest BCUT2D eigenvalue weighted by molar-refractivity contribution is 0.167. The highest BCUT2D eigenvalue weighted by Crippen LogP contribution is 2.29. The van der Waals surface area contributed by atoms with Crippen molar-refractivity contribution in [2.45, 2.75) is 31.4 Å². The maximum Gasteiger partial charge on any atom is 0.142 e. The Hall–Kier alpha value is -1.43. The largest absolute Gasteiger partial charge is 0.387 e. The molecule has 1 heterocycles. The van der Waals surface area contributed by atoms with Crippen LogP contribution in [0.4, 0.5) is 4.39 Å². The summed E-state index contributed by atoms with van der Waals surface area (Å²) < 4.78 is 15.4. The number of benzene rings is 1. The summed E-state index contributed by atoms with van der Waals surface area (Å²) in [6.45, 7) is 0.361. The monoisotopic (exact) mass is 323 g/mol. The number of fused-ring (bicyclic) bond motifs is 1. The van der Waals surface area contributed by atoms with Gasteiger partial charge in [-0.1, -0.05) is 17.7 Å². The molecule has 2 aromatic rings. The molecule has 3 rings (SSSR count). The average Bonchev–Trinajstić information content (AvgIpc) is 2.90. The molecule has 0 aliphatic heterocycles. The van der Waals surface area contributed by atoms with Gasteiger partial charge in [0.25, 0.3) is 0 Å². The van der Waals surface area contributed by atoms with Gasteiger partial charge < -0.3 is 10.4 Å². The maximum absolute atomic E-state index is 13.5. The highest BCUT2D eigenvalue weighted by Gasteiger charge is 2.23. The predicted octanol–water partition coefficient (Wildman–Crippen LogP) is 2.91. The number of rotatable bonds is 4. The van der Waals surface area contributed by atoms with E-state index in [0.29, 0.717) is 12.1 Å². The van der Waals surface area contributed by atoms with E-state index in [4.69, 9.17) is 11.6 Å². The van der Waals surface area contributed by atoms with Crippen molar-refractivity contribution in [1.29, 1.82) is 0 Å². The van der Waals surface area contributed by atoms with Crippen LogP contribution in [0.25, 0.3) is 0 Å². The van der Waals surface area contributed by atoms with E-state index in [-0.39, 0.29) is 11.1 Å². The van der Waals surface area contributed by atoms with E-state index in [1.807, 2.05) is 17.9 Å². The third kappa shape index (κ3) is 3.02. The van der Waals surface area contributed by atoms with Gasteiger partial charge in [-0.15, -0.1) is 0 Å². The minimum absolute atomic E-state index is 0.0659. The van der Waals surface area contributed by atoms with Crippen LogP contribution in [0.5, 0.6) is 0 Å². The van der Waals surface area contributed by atoms with Crippen LogP contribution in [-0.2, 0) is 13.5 Å². The second kappa shape index (κ2) is 6.36. The standard InChI is InChI=1S/C16H19ClFN3O/c1-21-15-4-2-3-14(11(15)8-20-21)19-9-16(22)10-5-6-12(17)13(18)7-10/h5-8,14,16,19,22H,2-4,9H2,1H3. The van der Waals surface area contributed by atoms with Gasteiger partial charge in [-0.3, -0.25) is 4.68 Å². The third-order valence-electron chi connectivity index (χ3n) is 4.26. The SMILES string of the molecule is Cn1ncc2c1CCCC2NCC(O)c1ccc(Cl)c(F)c1. The molecule has 1 aliphatic carbocycles. The fourth-order valence-corrected chi connectivity index (χ4v) is 3.13. The molecule has 4 nitrogen and oxygen atoms in total. The van der Waals surface area contributed by atoms with Crippen LogP contribution in [-0.4, -0.2) is 21.4 Å². The highest BCUT2D eigenvalue weighted by atomic mass is 35.5. The topological polar surface area (TPSA) is 50.1 Å². The smallest absolute Gasteiger partial charge is 0.142 e. The zero-order valence-corrected chi connectivity index (χ0v) is 13.1. The minimum atomic E-state index is -0.770. The Balaban J connectivity index is 1.66. The van der Waals surface area contributed by atoms with E-state index in [2.05, 4.69) is 10.4 Å². The van der Waals surface area contributed by atoms with Gasteiger partial charge >= 0.3 is 0 Å². The molecule has 0 saturated carbocycles. The molecule has 22 heavy (non-hydrogen) atoms. The second-order valence-electron chi connectivity index (χ2n) is 5.71. The summed E-state index contributed by atoms with van der Waals surface area (Å²) in [6, 6.07) is 4.58. The molecule has 1 aliphatic rings. The van der Waals surface area contributed by atoms with E-state index in [1.165, 1.54) is 23.4 Å². The molecule has 0 spiro atoms. The van der Waals surface area contributed by atoms with Crippen molar-refractivity contribution in [1.82, 2.24) is 15.1 Å². The van der Waals surface area contributed by atoms with Crippen LogP contribution < -0.4 is 5.32 Å². The summed E-state index contributed by atoms with van der Waals surface area (Å²) in [6.07, 6.45) is 4.26. The normalized spacial score (nSPS) is 19.0. The molecule has 0 radical (unpaired) electrons. The number of hydrogen-bond donors (Lipinski definition) is 2. The summed E-state index contributed by atoms with van der Waals surface area (Å²) in [5.74, 6) is -0.509. The predicted molar refractivity (Wildman–Crippen MR) is 83.3 cm³/mol. The first-order chi connectivity index (χ1) is 10.6. The Morgan fingerprint density at radius 1 is 1.55 bits per heavy atom. The van der Waals surface area contributed by atoms with Gasteiger partial charge in [0, 0.05) is 30.9 Å². The lowest BCUT2D eigenvalue weighted by Crippen LogP contribution is -2.29. The number of aliphatic hydroxyl groups excluding tert-OH is 1. The Bertz CT molecular complexity index is 673. The van der Waals surface area contributed by atoms with Gasteiger partial charge in [-0.05, 0) is 37.0 Å². The minimum Gasteiger partial charge on any atom is -0.387 e. The van der Waals surface area contributed by atoms with Gasteiger partial charge in [-0.25, -0.2) is 4.39 Å². The molecule has 0 fully saturated rings. The maximum atomic E-state index is 13.5. The van der Waals surface area contributed by atoms with Crippen molar-refractivity contribution >= 4 is 11.6 Å². The molecule has 0 saturated heterocycles. The zero-order valence-electron chi connectivity index (χ0n) is 12.4. The second-order valence-corrected chi connectivity index (χ2v) is 6.12. The van der Waals surface area contributed by atoms with Gasteiger partial charge in [0.05, 0.1) is 17.3 Å². The van der Waals surface area contributed by atoms with Crippen LogP contribution in [0.2, 0.25) is 5.02 Å². The first-order valence-corrected chi connectivity index (χ1v) is 7.81. The van der Waals surface area contributed by atoms with Gasteiger partial charge in [-0.2, -0.15) is 5.10 Å². The zero-order chi connectivity index (χ0) is 15.7. The molecule has 0 amide bonds. The molecule has 2 unspecified atom stereocenters. The first kappa shape index (κ1) is 15.5. The molecular weight excluding hydrogens is 305 g/mol. The molecule has 0 bridgehead atoms. The highest BCUT2D eigenvalue weighted by molar-refractivity contribution is 6.30. The van der Waals surface area contributed by atoms with E-state index in [0.717, 1.165) is 19.3 Å². The Morgan fingerprint density at radius 3 is 3.14 bits per heavy atom. The summed E-state index contributed by atoms with van der Waals surface area (Å²) in [5, 5.41) is 18.0. The van der Waals surface area contributed by atoms with Crippen molar-refractivity contribution < 1.29 is 9.50 Å². The van der Waals surface area contributed by atoms with Crippen LogP contribution in [0.1, 0.15) is 41.8 Å². The molecule has 1 aromatic heterocycles. The van der Waals surface area contributed by atoms with Crippen molar-refractivity contribution in [3.05, 3.63) is 52.1 Å². The van der Waals surface area contributed by atoms with E-state index < -0.39 is 11.9 Å². The van der Waals surface area contributed by atoms with E-state index >= 15 is 0 Å². The Morgan fingerprint density at radius 2 is 2.36 bits per heavy atom. The number of nitrogens with zero attached hydrogens (tertiary/aromatic N) is 2. The molecule has 118 valence electrons. The van der Waals surface area contributed by atoms with Crippen LogP contribution >= 0.6 is 11.6 Å². The number of aryl methyl sites for hydroxylation is 1. The fourth-order valence-electron chi connectivity index (χ4n) is 3.01. The fraction of sp³-hybridized carbons (Fsp3) is 0.438. The van der Waals surface area contributed by atoms with Crippen molar-refractivity contribution in [3.63, 3.8) is 0 Å². The van der Waals surface area contributed by atoms with E-state index in [9.17, 15) is 9.50 Å². The van der Waals surface area contributed by atoms with Crippen molar-refractivity contribution in [2.75, 3.05) is 6.54 Å². The number of halogens is 2. The number of aromatic nitrogens is 2. The molecule has 2 N–H and O–H groups in total. The van der Waals surface area contributed by atoms with Crippen LogP contribution in [0, 0.1) is 5.82 Å². The van der Waals surface area contributed by atoms with Crippen LogP contribution in [0.15, 0.2) is 24.4 Å². The quantitative estimate of drug-likeness (QED) is 0.909.